The van der Waals surface area contributed by atoms with Crippen molar-refractivity contribution >= 4 is 35.0 Å². The number of carboxylic acid groups (broad SMARTS) is 3. The van der Waals surface area contributed by atoms with E-state index in [4.69, 9.17) is 32.5 Å². The van der Waals surface area contributed by atoms with Crippen molar-refractivity contribution in [1.29, 1.82) is 0 Å². The first-order chi connectivity index (χ1) is 14.1. The second kappa shape index (κ2) is 13.9. The fraction of sp³-hybridized carbons (Fsp3) is 0. The number of benzene rings is 3. The van der Waals surface area contributed by atoms with Crippen LogP contribution >= 0.6 is 0 Å². The summed E-state index contributed by atoms with van der Waals surface area (Å²) >= 11 is 0. The number of carbonyl (C=O) groups is 3. The number of carboxylic acids is 3. The molecule has 3 aromatic carbocycles. The minimum absolute atomic E-state index is 0. The van der Waals surface area contributed by atoms with Crippen LogP contribution in [-0.2, 0) is 0 Å². The van der Waals surface area contributed by atoms with Gasteiger partial charge in [0.2, 0.25) is 0 Å². The van der Waals surface area contributed by atoms with Crippen LogP contribution in [0.15, 0.2) is 72.8 Å². The van der Waals surface area contributed by atoms with Gasteiger partial charge in [0.05, 0.1) is 16.7 Å². The van der Waals surface area contributed by atoms with Gasteiger partial charge < -0.3 is 32.5 Å². The quantitative estimate of drug-likeness (QED) is 0.264. The Labute approximate surface area is 211 Å². The normalized spacial score (nSPS) is 8.90. The van der Waals surface area contributed by atoms with E-state index in [0.29, 0.717) is 17.1 Å². The van der Waals surface area contributed by atoms with Gasteiger partial charge >= 0.3 is 17.9 Å². The SMILES string of the molecule is Nc1cccc(C(=O)O)c1.Nc1cccc(C(=O)O)c1.Nc1cccc(C(=O)O)c1.[Nd]. The van der Waals surface area contributed by atoms with E-state index in [0.717, 1.165) is 0 Å². The van der Waals surface area contributed by atoms with Gasteiger partial charge in [0, 0.05) is 57.9 Å². The number of aromatic carboxylic acids is 3. The summed E-state index contributed by atoms with van der Waals surface area (Å²) in [6, 6.07) is 18.5. The molecule has 31 heavy (non-hydrogen) atoms. The van der Waals surface area contributed by atoms with Crippen molar-refractivity contribution in [3.8, 4) is 0 Å². The number of hydrogen-bond donors (Lipinski definition) is 6. The van der Waals surface area contributed by atoms with E-state index in [9.17, 15) is 14.4 Å². The summed E-state index contributed by atoms with van der Waals surface area (Å²) in [5, 5.41) is 25.4. The van der Waals surface area contributed by atoms with Crippen molar-refractivity contribution < 1.29 is 70.5 Å². The molecule has 0 amide bonds. The van der Waals surface area contributed by atoms with Crippen LogP contribution in [0.2, 0.25) is 0 Å². The van der Waals surface area contributed by atoms with E-state index in [2.05, 4.69) is 0 Å². The Balaban J connectivity index is 0.000000429. The number of rotatable bonds is 3. The van der Waals surface area contributed by atoms with Crippen molar-refractivity contribution in [2.24, 2.45) is 0 Å². The third kappa shape index (κ3) is 11.0. The van der Waals surface area contributed by atoms with Crippen molar-refractivity contribution in [3.05, 3.63) is 89.5 Å². The third-order valence-electron chi connectivity index (χ3n) is 3.40. The summed E-state index contributed by atoms with van der Waals surface area (Å²) in [5.41, 5.74) is 18.1. The van der Waals surface area contributed by atoms with E-state index in [1.807, 2.05) is 0 Å². The molecule has 9 N–H and O–H groups in total. The summed E-state index contributed by atoms with van der Waals surface area (Å²) < 4.78 is 0. The predicted molar refractivity (Wildman–Crippen MR) is 113 cm³/mol. The Morgan fingerprint density at radius 2 is 0.742 bits per heavy atom. The molecule has 0 bridgehead atoms. The maximum Gasteiger partial charge on any atom is 0.335 e. The number of nitrogens with two attached hydrogens (primary N) is 3. The maximum atomic E-state index is 10.3. The fourth-order valence-electron chi connectivity index (χ4n) is 2.02. The molecule has 0 atom stereocenters. The molecule has 0 radical (unpaired) electrons. The molecule has 0 saturated carbocycles. The molecule has 0 spiro atoms. The van der Waals surface area contributed by atoms with E-state index in [1.54, 1.807) is 36.4 Å². The molecular formula is C21H21N3NdO6. The summed E-state index contributed by atoms with van der Waals surface area (Å²) in [5.74, 6) is -2.85. The summed E-state index contributed by atoms with van der Waals surface area (Å²) in [7, 11) is 0. The molecule has 3 aromatic rings. The smallest absolute Gasteiger partial charge is 0.335 e. The fourth-order valence-corrected chi connectivity index (χ4v) is 2.02. The molecule has 9 nitrogen and oxygen atoms in total. The molecule has 0 saturated heterocycles. The average molecular weight is 556 g/mol. The standard InChI is InChI=1S/3C7H7NO2.Nd/c3*8-6-3-1-2-5(4-6)7(9)10;/h3*1-4H,8H2,(H,9,10);. The summed E-state index contributed by atoms with van der Waals surface area (Å²) in [6.45, 7) is 0. The van der Waals surface area contributed by atoms with Crippen molar-refractivity contribution in [2.75, 3.05) is 17.2 Å². The molecule has 3 rings (SSSR count). The third-order valence-corrected chi connectivity index (χ3v) is 3.40. The van der Waals surface area contributed by atoms with Gasteiger partial charge in [-0.3, -0.25) is 0 Å². The van der Waals surface area contributed by atoms with E-state index in [1.165, 1.54) is 36.4 Å². The molecule has 0 heterocycles. The first-order valence-electron chi connectivity index (χ1n) is 8.36. The van der Waals surface area contributed by atoms with Crippen molar-refractivity contribution in [3.63, 3.8) is 0 Å². The maximum absolute atomic E-state index is 10.3. The van der Waals surface area contributed by atoms with Crippen LogP contribution in [-0.4, -0.2) is 33.2 Å². The van der Waals surface area contributed by atoms with Gasteiger partial charge in [0.25, 0.3) is 0 Å². The Hall–Kier alpha value is -3.18. The van der Waals surface area contributed by atoms with Crippen LogP contribution in [0.1, 0.15) is 31.1 Å². The topological polar surface area (TPSA) is 190 Å². The monoisotopic (exact) mass is 553 g/mol. The van der Waals surface area contributed by atoms with Gasteiger partial charge in [-0.25, -0.2) is 14.4 Å². The van der Waals surface area contributed by atoms with Crippen LogP contribution in [0.3, 0.4) is 0 Å². The van der Waals surface area contributed by atoms with Gasteiger partial charge in [0.1, 0.15) is 0 Å². The zero-order valence-corrected chi connectivity index (χ0v) is 19.4. The minimum atomic E-state index is -0.952. The van der Waals surface area contributed by atoms with E-state index in [-0.39, 0.29) is 57.5 Å². The predicted octanol–water partition coefficient (Wildman–Crippen LogP) is 2.90. The Morgan fingerprint density at radius 3 is 0.871 bits per heavy atom. The van der Waals surface area contributed by atoms with Crippen molar-refractivity contribution in [1.82, 2.24) is 0 Å². The number of hydrogen-bond acceptors (Lipinski definition) is 6. The zero-order valence-electron chi connectivity index (χ0n) is 16.2. The molecule has 0 aliphatic rings. The van der Waals surface area contributed by atoms with E-state index >= 15 is 0 Å². The Morgan fingerprint density at radius 1 is 0.516 bits per heavy atom. The van der Waals surface area contributed by atoms with Crippen LogP contribution in [0.4, 0.5) is 17.1 Å². The minimum Gasteiger partial charge on any atom is -0.478 e. The zero-order chi connectivity index (χ0) is 22.7. The molecule has 0 aliphatic heterocycles. The molecule has 0 unspecified atom stereocenters. The molecule has 10 heteroatoms. The first kappa shape index (κ1) is 27.8. The van der Waals surface area contributed by atoms with Crippen LogP contribution < -0.4 is 17.2 Å². The van der Waals surface area contributed by atoms with E-state index < -0.39 is 17.9 Å². The average Bonchev–Trinajstić information content (AvgIpc) is 2.69. The second-order valence-electron chi connectivity index (χ2n) is 5.79. The molecule has 0 aromatic heterocycles. The first-order valence-corrected chi connectivity index (χ1v) is 8.36. The molecule has 0 aliphatic carbocycles. The number of anilines is 3. The Bertz CT molecular complexity index is 911. The van der Waals surface area contributed by atoms with Gasteiger partial charge in [-0.2, -0.15) is 0 Å². The van der Waals surface area contributed by atoms with Crippen molar-refractivity contribution in [2.45, 2.75) is 0 Å². The number of nitrogen functional groups attached to an aromatic ring is 3. The summed E-state index contributed by atoms with van der Waals surface area (Å²) in [4.78, 5) is 30.9. The van der Waals surface area contributed by atoms with Crippen LogP contribution in [0.25, 0.3) is 0 Å². The van der Waals surface area contributed by atoms with Gasteiger partial charge in [-0.05, 0) is 54.6 Å². The molecule has 160 valence electrons. The van der Waals surface area contributed by atoms with Crippen LogP contribution in [0, 0.1) is 40.8 Å². The van der Waals surface area contributed by atoms with Crippen LogP contribution in [0.5, 0.6) is 0 Å². The largest absolute Gasteiger partial charge is 0.478 e. The van der Waals surface area contributed by atoms with Gasteiger partial charge in [-0.15, -0.1) is 0 Å². The molecule has 0 fully saturated rings. The Kier molecular flexibility index (Phi) is 12.5. The summed E-state index contributed by atoms with van der Waals surface area (Å²) in [6.07, 6.45) is 0. The second-order valence-corrected chi connectivity index (χ2v) is 5.79. The van der Waals surface area contributed by atoms with Gasteiger partial charge in [0.15, 0.2) is 0 Å². The van der Waals surface area contributed by atoms with Gasteiger partial charge in [-0.1, -0.05) is 18.2 Å². The molecular weight excluding hydrogens is 534 g/mol.